The van der Waals surface area contributed by atoms with Gasteiger partial charge in [-0.2, -0.15) is 18.7 Å². The molecule has 4 aliphatic rings. The fourth-order valence-corrected chi connectivity index (χ4v) is 8.36. The summed E-state index contributed by atoms with van der Waals surface area (Å²) in [5.74, 6) is -5.42. The van der Waals surface area contributed by atoms with E-state index in [-0.39, 0.29) is 64.6 Å². The average Bonchev–Trinajstić information content (AvgIpc) is 3.74. The predicted octanol–water partition coefficient (Wildman–Crippen LogP) is 7.15. The maximum atomic E-state index is 17.0. The first-order valence-corrected chi connectivity index (χ1v) is 17.3. The molecule has 2 saturated heterocycles. The number of benzene rings is 2. The van der Waals surface area contributed by atoms with Crippen LogP contribution in [-0.4, -0.2) is 74.5 Å². The zero-order valence-electron chi connectivity index (χ0n) is 27.4. The molecule has 3 aliphatic heterocycles. The van der Waals surface area contributed by atoms with Crippen LogP contribution in [-0.2, 0) is 12.3 Å². The number of phenols is 1. The van der Waals surface area contributed by atoms with E-state index in [1.807, 2.05) is 6.92 Å². The minimum Gasteiger partial charge on any atom is -0.508 e. The Labute approximate surface area is 280 Å². The van der Waals surface area contributed by atoms with Crippen LogP contribution in [0.2, 0.25) is 0 Å². The van der Waals surface area contributed by atoms with Crippen LogP contribution in [0.1, 0.15) is 70.1 Å². The van der Waals surface area contributed by atoms with Crippen LogP contribution < -0.4 is 15.4 Å². The fourth-order valence-electron chi connectivity index (χ4n) is 8.36. The summed E-state index contributed by atoms with van der Waals surface area (Å²) in [6.07, 6.45) is 2.94. The van der Waals surface area contributed by atoms with Crippen LogP contribution >= 0.6 is 0 Å². The summed E-state index contributed by atoms with van der Waals surface area (Å²) in [6.45, 7) is 4.76. The van der Waals surface area contributed by atoms with Crippen LogP contribution in [0.15, 0.2) is 24.3 Å². The minimum atomic E-state index is -3.55. The third-order valence-electron chi connectivity index (χ3n) is 10.9. The summed E-state index contributed by atoms with van der Waals surface area (Å²) in [5, 5.41) is 17.7. The highest BCUT2D eigenvalue weighted by Gasteiger charge is 2.50. The van der Waals surface area contributed by atoms with Crippen molar-refractivity contribution in [1.82, 2.24) is 25.2 Å². The number of anilines is 1. The first-order chi connectivity index (χ1) is 23.5. The van der Waals surface area contributed by atoms with E-state index < -0.39 is 58.6 Å². The summed E-state index contributed by atoms with van der Waals surface area (Å²) in [5.41, 5.74) is -1.98. The molecule has 0 spiro atoms. The molecule has 13 heteroatoms. The summed E-state index contributed by atoms with van der Waals surface area (Å²) in [4.78, 5) is 15.3. The standard InChI is InChI=1S/C36H39F5N6O2/c1-3-22-24(38)9-6-18-12-21(48)13-23(27(18)22)30-29(39)31-28-32(44-30)36(40,41)15-26(25(4-2)42-20-7-8-20)43-33(28)46-34(45-31)49-17-35-10-5-11-47(35)16-19(37)14-35/h6,9,12-13,19-20,25-26,42,48H,3-5,7-8,10-11,14-17H2,1-2H3,(H,43,45,46)/t19-,25+,26-,35+/m1/s1. The molecule has 4 aromatic rings. The summed E-state index contributed by atoms with van der Waals surface area (Å²) in [7, 11) is 0. The highest BCUT2D eigenvalue weighted by Crippen LogP contribution is 2.47. The van der Waals surface area contributed by atoms with Crippen molar-refractivity contribution in [3.8, 4) is 23.0 Å². The quantitative estimate of drug-likeness (QED) is 0.160. The zero-order chi connectivity index (χ0) is 34.2. The van der Waals surface area contributed by atoms with Crippen molar-refractivity contribution in [1.29, 1.82) is 0 Å². The smallest absolute Gasteiger partial charge is 0.319 e. The molecule has 1 saturated carbocycles. The molecule has 0 radical (unpaired) electrons. The molecule has 3 N–H and O–H groups in total. The molecular weight excluding hydrogens is 643 g/mol. The van der Waals surface area contributed by atoms with Gasteiger partial charge in [0.05, 0.1) is 10.9 Å². The van der Waals surface area contributed by atoms with E-state index in [2.05, 4.69) is 30.5 Å². The van der Waals surface area contributed by atoms with Crippen LogP contribution in [0.25, 0.3) is 32.9 Å². The summed E-state index contributed by atoms with van der Waals surface area (Å²) < 4.78 is 86.0. The number of aromatic nitrogens is 3. The van der Waals surface area contributed by atoms with Gasteiger partial charge in [-0.15, -0.1) is 0 Å². The van der Waals surface area contributed by atoms with E-state index in [9.17, 15) is 9.50 Å². The number of halogens is 5. The second-order valence-corrected chi connectivity index (χ2v) is 14.2. The second-order valence-electron chi connectivity index (χ2n) is 14.2. The Kier molecular flexibility index (Phi) is 7.86. The maximum absolute atomic E-state index is 17.0. The Morgan fingerprint density at radius 1 is 1.10 bits per heavy atom. The molecule has 0 bridgehead atoms. The highest BCUT2D eigenvalue weighted by molar-refractivity contribution is 6.02. The Morgan fingerprint density at radius 2 is 1.92 bits per heavy atom. The molecule has 8 nitrogen and oxygen atoms in total. The van der Waals surface area contributed by atoms with Gasteiger partial charge < -0.3 is 20.5 Å². The Bertz CT molecular complexity index is 1960. The van der Waals surface area contributed by atoms with Crippen LogP contribution in [0.4, 0.5) is 27.8 Å². The number of ether oxygens (including phenoxy) is 1. The molecule has 0 amide bonds. The first kappa shape index (κ1) is 32.4. The molecule has 3 fully saturated rings. The fraction of sp³-hybridized carbons (Fsp3) is 0.528. The van der Waals surface area contributed by atoms with Gasteiger partial charge in [-0.25, -0.2) is 18.2 Å². The number of fused-ring (bicyclic) bond motifs is 2. The van der Waals surface area contributed by atoms with E-state index in [4.69, 9.17) is 4.74 Å². The molecule has 0 unspecified atom stereocenters. The number of rotatable bonds is 9. The number of pyridine rings is 1. The largest absolute Gasteiger partial charge is 0.508 e. The van der Waals surface area contributed by atoms with E-state index in [0.717, 1.165) is 32.2 Å². The van der Waals surface area contributed by atoms with Crippen molar-refractivity contribution in [2.75, 3.05) is 25.0 Å². The van der Waals surface area contributed by atoms with E-state index >= 15 is 17.6 Å². The Balaban J connectivity index is 1.32. The first-order valence-electron chi connectivity index (χ1n) is 17.3. The molecule has 1 aliphatic carbocycles. The lowest BCUT2D eigenvalue weighted by Crippen LogP contribution is -2.46. The van der Waals surface area contributed by atoms with Crippen LogP contribution in [0.3, 0.4) is 0 Å². The van der Waals surface area contributed by atoms with Crippen LogP contribution in [0.5, 0.6) is 11.8 Å². The Morgan fingerprint density at radius 3 is 2.67 bits per heavy atom. The van der Waals surface area contributed by atoms with E-state index in [1.54, 1.807) is 6.92 Å². The molecular formula is C36H39F5N6O2. The number of nitrogens with one attached hydrogen (secondary N) is 2. The molecule has 5 heterocycles. The van der Waals surface area contributed by atoms with Gasteiger partial charge in [0.1, 0.15) is 47.1 Å². The lowest BCUT2D eigenvalue weighted by molar-refractivity contribution is -0.0226. The van der Waals surface area contributed by atoms with Gasteiger partial charge >= 0.3 is 6.01 Å². The number of alkyl halides is 3. The van der Waals surface area contributed by atoms with Crippen molar-refractivity contribution < 1.29 is 31.8 Å². The lowest BCUT2D eigenvalue weighted by Gasteiger charge is -2.31. The SMILES string of the molecule is CCc1c(F)ccc2cc(O)cc(-c3nc4c5c(nc(OC[C@@]67CCCN6C[C@H](F)C7)nc5c3F)N[C@@H]([C@H](CC)NC3CC3)CC4(F)F)c12. The number of aryl methyl sites for hydroxylation is 1. The highest BCUT2D eigenvalue weighted by atomic mass is 19.3. The molecule has 260 valence electrons. The van der Waals surface area contributed by atoms with Crippen molar-refractivity contribution in [2.45, 2.75) is 101 Å². The summed E-state index contributed by atoms with van der Waals surface area (Å²) in [6, 6.07) is 4.20. The predicted molar refractivity (Wildman–Crippen MR) is 176 cm³/mol. The van der Waals surface area contributed by atoms with Gasteiger partial charge in [-0.05, 0) is 79.6 Å². The number of hydrogen-bond donors (Lipinski definition) is 3. The second kappa shape index (κ2) is 11.9. The molecule has 2 aromatic carbocycles. The molecule has 4 atom stereocenters. The van der Waals surface area contributed by atoms with E-state index in [0.29, 0.717) is 24.8 Å². The van der Waals surface area contributed by atoms with Crippen molar-refractivity contribution in [2.24, 2.45) is 0 Å². The molecule has 49 heavy (non-hydrogen) atoms. The van der Waals surface area contributed by atoms with Crippen LogP contribution in [0, 0.1) is 11.6 Å². The van der Waals surface area contributed by atoms with Gasteiger partial charge in [0.25, 0.3) is 5.92 Å². The average molecular weight is 683 g/mol. The topological polar surface area (TPSA) is 95.4 Å². The molecule has 2 aromatic heterocycles. The van der Waals surface area contributed by atoms with Gasteiger partial charge in [-0.3, -0.25) is 4.90 Å². The number of hydrogen-bond acceptors (Lipinski definition) is 8. The van der Waals surface area contributed by atoms with Gasteiger partial charge in [0, 0.05) is 43.1 Å². The monoisotopic (exact) mass is 682 g/mol. The van der Waals surface area contributed by atoms with Gasteiger partial charge in [0.2, 0.25) is 0 Å². The minimum absolute atomic E-state index is 0.0252. The maximum Gasteiger partial charge on any atom is 0.319 e. The van der Waals surface area contributed by atoms with E-state index in [1.165, 1.54) is 24.3 Å². The number of aromatic hydroxyl groups is 1. The normalized spacial score (nSPS) is 25.4. The lowest BCUT2D eigenvalue weighted by atomic mass is 9.93. The third-order valence-corrected chi connectivity index (χ3v) is 10.9. The molecule has 8 rings (SSSR count). The van der Waals surface area contributed by atoms with Crippen molar-refractivity contribution in [3.63, 3.8) is 0 Å². The van der Waals surface area contributed by atoms with Crippen molar-refractivity contribution >= 4 is 27.5 Å². The number of phenolic OH excluding ortho intramolecular Hbond substituents is 1. The van der Waals surface area contributed by atoms with Gasteiger partial charge in [0.15, 0.2) is 5.82 Å². The van der Waals surface area contributed by atoms with Crippen molar-refractivity contribution in [3.05, 3.63) is 47.2 Å². The number of nitrogens with zero attached hydrogens (tertiary/aromatic N) is 4. The Hall–Kier alpha value is -3.84. The van der Waals surface area contributed by atoms with Gasteiger partial charge in [-0.1, -0.05) is 19.9 Å². The zero-order valence-corrected chi connectivity index (χ0v) is 27.4. The summed E-state index contributed by atoms with van der Waals surface area (Å²) >= 11 is 0. The third kappa shape index (κ3) is 5.53.